The maximum Gasteiger partial charge on any atom is 0.322 e. The molecule has 0 spiro atoms. The van der Waals surface area contributed by atoms with E-state index in [-0.39, 0.29) is 17.8 Å². The van der Waals surface area contributed by atoms with Gasteiger partial charge in [-0.3, -0.25) is 10.1 Å². The fraction of sp³-hybridized carbons (Fsp3) is 0.400. The number of nitrogens with one attached hydrogen (secondary N) is 1. The van der Waals surface area contributed by atoms with E-state index < -0.39 is 0 Å². The average Bonchev–Trinajstić information content (AvgIpc) is 2.97. The molecule has 0 bridgehead atoms. The Kier molecular flexibility index (Phi) is 4.34. The van der Waals surface area contributed by atoms with Crippen LogP contribution in [0.3, 0.4) is 0 Å². The number of benzene rings is 1. The minimum Gasteiger partial charge on any atom is -0.403 e. The molecule has 0 atom stereocenters. The molecule has 3 rings (SSSR count). The van der Waals surface area contributed by atoms with Gasteiger partial charge in [-0.1, -0.05) is 46.4 Å². The van der Waals surface area contributed by atoms with E-state index in [0.29, 0.717) is 5.89 Å². The van der Waals surface area contributed by atoms with Crippen molar-refractivity contribution in [2.45, 2.75) is 32.1 Å². The second-order valence-electron chi connectivity index (χ2n) is 5.25. The van der Waals surface area contributed by atoms with Gasteiger partial charge in [0.05, 0.1) is 0 Å². The molecule has 6 heteroatoms. The van der Waals surface area contributed by atoms with Crippen molar-refractivity contribution in [3.05, 3.63) is 28.7 Å². The van der Waals surface area contributed by atoms with Crippen molar-refractivity contribution in [3.8, 4) is 11.5 Å². The third-order valence-corrected chi connectivity index (χ3v) is 4.20. The molecule has 1 heterocycles. The summed E-state index contributed by atoms with van der Waals surface area (Å²) in [5.74, 6) is 0.453. The van der Waals surface area contributed by atoms with Crippen molar-refractivity contribution >= 4 is 27.9 Å². The molecule has 2 aromatic rings. The largest absolute Gasteiger partial charge is 0.403 e. The third-order valence-electron chi connectivity index (χ3n) is 3.70. The Labute approximate surface area is 131 Å². The lowest BCUT2D eigenvalue weighted by molar-refractivity contribution is -0.120. The number of rotatable bonds is 3. The molecule has 1 aliphatic carbocycles. The average molecular weight is 350 g/mol. The molecule has 1 aliphatic rings. The van der Waals surface area contributed by atoms with Gasteiger partial charge in [-0.25, -0.2) is 0 Å². The van der Waals surface area contributed by atoms with Crippen LogP contribution in [-0.2, 0) is 4.79 Å². The quantitative estimate of drug-likeness (QED) is 0.908. The minimum absolute atomic E-state index is 0.0147. The van der Waals surface area contributed by atoms with Gasteiger partial charge in [0.25, 0.3) is 0 Å². The topological polar surface area (TPSA) is 68.0 Å². The number of halogens is 1. The van der Waals surface area contributed by atoms with Crippen LogP contribution < -0.4 is 5.32 Å². The summed E-state index contributed by atoms with van der Waals surface area (Å²) in [6.45, 7) is 0. The Morgan fingerprint density at radius 3 is 2.81 bits per heavy atom. The second-order valence-corrected chi connectivity index (χ2v) is 6.16. The third kappa shape index (κ3) is 3.50. The molecule has 1 aromatic heterocycles. The smallest absolute Gasteiger partial charge is 0.322 e. The van der Waals surface area contributed by atoms with E-state index in [4.69, 9.17) is 4.42 Å². The predicted octanol–water partition coefficient (Wildman–Crippen LogP) is 4.02. The zero-order valence-corrected chi connectivity index (χ0v) is 13.1. The molecule has 0 unspecified atom stereocenters. The molecule has 5 nitrogen and oxygen atoms in total. The SMILES string of the molecule is O=C(Nc1nnc(-c2cccc(Br)c2)o1)C1CCCCC1. The fourth-order valence-corrected chi connectivity index (χ4v) is 2.98. The summed E-state index contributed by atoms with van der Waals surface area (Å²) < 4.78 is 6.45. The van der Waals surface area contributed by atoms with Crippen molar-refractivity contribution in [2.24, 2.45) is 5.92 Å². The molecule has 21 heavy (non-hydrogen) atoms. The van der Waals surface area contributed by atoms with Crippen LogP contribution in [0, 0.1) is 5.92 Å². The Morgan fingerprint density at radius 1 is 1.24 bits per heavy atom. The lowest BCUT2D eigenvalue weighted by Crippen LogP contribution is -2.24. The molecule has 0 aliphatic heterocycles. The van der Waals surface area contributed by atoms with Gasteiger partial charge in [0.1, 0.15) is 0 Å². The first-order valence-corrected chi connectivity index (χ1v) is 7.92. The van der Waals surface area contributed by atoms with Gasteiger partial charge in [0.2, 0.25) is 11.8 Å². The van der Waals surface area contributed by atoms with Crippen molar-refractivity contribution in [3.63, 3.8) is 0 Å². The summed E-state index contributed by atoms with van der Waals surface area (Å²) >= 11 is 3.40. The van der Waals surface area contributed by atoms with Gasteiger partial charge in [-0.15, -0.1) is 5.10 Å². The maximum absolute atomic E-state index is 12.1. The highest BCUT2D eigenvalue weighted by molar-refractivity contribution is 9.10. The van der Waals surface area contributed by atoms with Gasteiger partial charge in [-0.05, 0) is 31.0 Å². The molecular weight excluding hydrogens is 334 g/mol. The molecule has 1 saturated carbocycles. The number of carbonyl (C=O) groups is 1. The zero-order chi connectivity index (χ0) is 14.7. The Morgan fingerprint density at radius 2 is 2.05 bits per heavy atom. The molecule has 1 fully saturated rings. The summed E-state index contributed by atoms with van der Waals surface area (Å²) in [6, 6.07) is 7.75. The van der Waals surface area contributed by atoms with Gasteiger partial charge < -0.3 is 4.42 Å². The summed E-state index contributed by atoms with van der Waals surface area (Å²) in [6.07, 6.45) is 5.34. The highest BCUT2D eigenvalue weighted by Gasteiger charge is 2.22. The van der Waals surface area contributed by atoms with E-state index in [1.165, 1.54) is 6.42 Å². The molecule has 1 N–H and O–H groups in total. The fourth-order valence-electron chi connectivity index (χ4n) is 2.58. The van der Waals surface area contributed by atoms with E-state index in [1.54, 1.807) is 0 Å². The van der Waals surface area contributed by atoms with E-state index in [9.17, 15) is 4.79 Å². The van der Waals surface area contributed by atoms with Crippen LogP contribution in [0.15, 0.2) is 33.2 Å². The summed E-state index contributed by atoms with van der Waals surface area (Å²) in [5.41, 5.74) is 0.815. The second kappa shape index (κ2) is 6.39. The van der Waals surface area contributed by atoms with Crippen molar-refractivity contribution < 1.29 is 9.21 Å². The van der Waals surface area contributed by atoms with Crippen LogP contribution in [0.2, 0.25) is 0 Å². The van der Waals surface area contributed by atoms with Gasteiger partial charge in [0, 0.05) is 16.0 Å². The van der Waals surface area contributed by atoms with E-state index in [2.05, 4.69) is 31.4 Å². The number of carbonyl (C=O) groups excluding carboxylic acids is 1. The van der Waals surface area contributed by atoms with Crippen LogP contribution in [0.1, 0.15) is 32.1 Å². The Balaban J connectivity index is 1.69. The zero-order valence-electron chi connectivity index (χ0n) is 11.5. The van der Waals surface area contributed by atoms with Crippen LogP contribution in [0.4, 0.5) is 6.01 Å². The number of nitrogens with zero attached hydrogens (tertiary/aromatic N) is 2. The summed E-state index contributed by atoms with van der Waals surface area (Å²) in [5, 5.41) is 10.6. The highest BCUT2D eigenvalue weighted by atomic mass is 79.9. The van der Waals surface area contributed by atoms with Crippen LogP contribution in [0.25, 0.3) is 11.5 Å². The Hall–Kier alpha value is -1.69. The van der Waals surface area contributed by atoms with Crippen molar-refractivity contribution in [1.29, 1.82) is 0 Å². The summed E-state index contributed by atoms with van der Waals surface area (Å²) in [4.78, 5) is 12.1. The monoisotopic (exact) mass is 349 g/mol. The molecule has 0 saturated heterocycles. The normalized spacial score (nSPS) is 15.9. The number of amides is 1. The maximum atomic E-state index is 12.1. The van der Waals surface area contributed by atoms with E-state index in [0.717, 1.165) is 35.7 Å². The predicted molar refractivity (Wildman–Crippen MR) is 82.6 cm³/mol. The number of aromatic nitrogens is 2. The number of anilines is 1. The lowest BCUT2D eigenvalue weighted by atomic mass is 9.89. The van der Waals surface area contributed by atoms with Crippen molar-refractivity contribution in [2.75, 3.05) is 5.32 Å². The van der Waals surface area contributed by atoms with Crippen molar-refractivity contribution in [1.82, 2.24) is 10.2 Å². The standard InChI is InChI=1S/C15H16BrN3O2/c16-12-8-4-7-11(9-12)14-18-19-15(21-14)17-13(20)10-5-2-1-3-6-10/h4,7-10H,1-3,5-6H2,(H,17,19,20). The van der Waals surface area contributed by atoms with Gasteiger partial charge in [0.15, 0.2) is 0 Å². The first-order valence-electron chi connectivity index (χ1n) is 7.13. The van der Waals surface area contributed by atoms with Crippen LogP contribution in [0.5, 0.6) is 0 Å². The lowest BCUT2D eigenvalue weighted by Gasteiger charge is -2.19. The van der Waals surface area contributed by atoms with E-state index in [1.807, 2.05) is 24.3 Å². The highest BCUT2D eigenvalue weighted by Crippen LogP contribution is 2.26. The molecule has 1 amide bonds. The van der Waals surface area contributed by atoms with Gasteiger partial charge in [-0.2, -0.15) is 0 Å². The molecule has 1 aromatic carbocycles. The minimum atomic E-state index is -0.0147. The molecule has 110 valence electrons. The molecular formula is C15H16BrN3O2. The number of hydrogen-bond donors (Lipinski definition) is 1. The summed E-state index contributed by atoms with van der Waals surface area (Å²) in [7, 11) is 0. The number of hydrogen-bond acceptors (Lipinski definition) is 4. The van der Waals surface area contributed by atoms with Crippen LogP contribution >= 0.6 is 15.9 Å². The first kappa shape index (κ1) is 14.3. The van der Waals surface area contributed by atoms with Crippen LogP contribution in [-0.4, -0.2) is 16.1 Å². The van der Waals surface area contributed by atoms with E-state index >= 15 is 0 Å². The Bertz CT molecular complexity index is 635. The molecule has 0 radical (unpaired) electrons. The first-order chi connectivity index (χ1) is 10.2. The van der Waals surface area contributed by atoms with Gasteiger partial charge >= 0.3 is 6.01 Å².